The molecule has 2 rings (SSSR count). The summed E-state index contributed by atoms with van der Waals surface area (Å²) in [5.41, 5.74) is 5.55. The summed E-state index contributed by atoms with van der Waals surface area (Å²) in [6, 6.07) is 3.46. The van der Waals surface area contributed by atoms with E-state index in [0.717, 1.165) is 16.8 Å². The number of methoxy groups -OCH3 is 1. The highest BCUT2D eigenvalue weighted by Gasteiger charge is 2.20. The third-order valence-electron chi connectivity index (χ3n) is 3.73. The first-order chi connectivity index (χ1) is 10.7. The van der Waals surface area contributed by atoms with Gasteiger partial charge in [0.2, 0.25) is 5.91 Å². The molecule has 124 valence electrons. The van der Waals surface area contributed by atoms with Gasteiger partial charge in [-0.15, -0.1) is 0 Å². The largest absolute Gasteiger partial charge is 0.495 e. The quantitative estimate of drug-likeness (QED) is 0.912. The molecule has 0 saturated heterocycles. The molecule has 7 heteroatoms. The molecule has 1 aromatic rings. The number of carbonyl (C=O) groups is 1. The van der Waals surface area contributed by atoms with Crippen LogP contribution in [0.1, 0.15) is 30.9 Å². The van der Waals surface area contributed by atoms with Gasteiger partial charge >= 0.3 is 0 Å². The highest BCUT2D eigenvalue weighted by molar-refractivity contribution is 7.90. The van der Waals surface area contributed by atoms with Crippen LogP contribution in [-0.4, -0.2) is 33.4 Å². The number of hydrogen-bond donors (Lipinski definition) is 1. The van der Waals surface area contributed by atoms with E-state index in [4.69, 9.17) is 4.74 Å². The molecule has 0 unspecified atom stereocenters. The van der Waals surface area contributed by atoms with Gasteiger partial charge in [-0.25, -0.2) is 13.8 Å². The van der Waals surface area contributed by atoms with Gasteiger partial charge in [0.05, 0.1) is 12.8 Å². The van der Waals surface area contributed by atoms with Gasteiger partial charge in [-0.3, -0.25) is 4.79 Å². The second kappa shape index (κ2) is 6.54. The molecule has 0 aromatic heterocycles. The molecule has 0 fully saturated rings. The topological polar surface area (TPSA) is 84.8 Å². The number of rotatable bonds is 4. The van der Waals surface area contributed by atoms with Crippen LogP contribution >= 0.6 is 0 Å². The number of amides is 1. The lowest BCUT2D eigenvalue weighted by atomic mass is 10.0. The Labute approximate surface area is 136 Å². The minimum Gasteiger partial charge on any atom is -0.495 e. The lowest BCUT2D eigenvalue weighted by Crippen LogP contribution is -2.25. The SMILES string of the molecule is COc1ccc(C=C(C)C2=NNC(=O)CC2)c(C)c1S(C)(=O)=O. The molecule has 1 aliphatic heterocycles. The van der Waals surface area contributed by atoms with Crippen LogP contribution in [0.2, 0.25) is 0 Å². The van der Waals surface area contributed by atoms with Crippen molar-refractivity contribution in [3.05, 3.63) is 28.8 Å². The van der Waals surface area contributed by atoms with Gasteiger partial charge in [0, 0.05) is 19.1 Å². The number of sulfone groups is 1. The summed E-state index contributed by atoms with van der Waals surface area (Å²) < 4.78 is 29.2. The smallest absolute Gasteiger partial charge is 0.240 e. The summed E-state index contributed by atoms with van der Waals surface area (Å²) >= 11 is 0. The van der Waals surface area contributed by atoms with Crippen LogP contribution < -0.4 is 10.2 Å². The van der Waals surface area contributed by atoms with E-state index in [9.17, 15) is 13.2 Å². The number of hydrogen-bond acceptors (Lipinski definition) is 5. The molecule has 0 bridgehead atoms. The van der Waals surface area contributed by atoms with Crippen LogP contribution in [0.4, 0.5) is 0 Å². The van der Waals surface area contributed by atoms with E-state index in [1.165, 1.54) is 13.4 Å². The number of ether oxygens (including phenoxy) is 1. The number of carbonyl (C=O) groups excluding carboxylic acids is 1. The second-order valence-corrected chi connectivity index (χ2v) is 7.46. The van der Waals surface area contributed by atoms with Crippen LogP contribution in [0.15, 0.2) is 27.7 Å². The van der Waals surface area contributed by atoms with Gasteiger partial charge in [-0.05, 0) is 42.7 Å². The van der Waals surface area contributed by atoms with Crippen molar-refractivity contribution in [3.63, 3.8) is 0 Å². The van der Waals surface area contributed by atoms with Crippen molar-refractivity contribution in [2.45, 2.75) is 31.6 Å². The zero-order chi connectivity index (χ0) is 17.2. The van der Waals surface area contributed by atoms with Crippen molar-refractivity contribution in [3.8, 4) is 5.75 Å². The standard InChI is InChI=1S/C16H20N2O4S/c1-10(13-6-8-15(19)18-17-13)9-12-5-7-14(22-3)16(11(12)2)23(4,20)21/h5,7,9H,6,8H2,1-4H3,(H,18,19). The molecule has 1 heterocycles. The predicted octanol–water partition coefficient (Wildman–Crippen LogP) is 2.08. The Morgan fingerprint density at radius 2 is 2.04 bits per heavy atom. The molecule has 1 aliphatic rings. The summed E-state index contributed by atoms with van der Waals surface area (Å²) in [4.78, 5) is 11.3. The lowest BCUT2D eigenvalue weighted by molar-refractivity contribution is -0.121. The van der Waals surface area contributed by atoms with E-state index >= 15 is 0 Å². The highest BCUT2D eigenvalue weighted by Crippen LogP contribution is 2.30. The molecule has 1 aromatic carbocycles. The molecule has 1 N–H and O–H groups in total. The van der Waals surface area contributed by atoms with E-state index in [-0.39, 0.29) is 10.8 Å². The molecule has 6 nitrogen and oxygen atoms in total. The fourth-order valence-electron chi connectivity index (χ4n) is 2.54. The van der Waals surface area contributed by atoms with Gasteiger partial charge in [0.15, 0.2) is 9.84 Å². The average molecular weight is 336 g/mol. The summed E-state index contributed by atoms with van der Waals surface area (Å²) in [6.07, 6.45) is 4.02. The molecule has 0 spiro atoms. The summed E-state index contributed by atoms with van der Waals surface area (Å²) in [7, 11) is -1.96. The first-order valence-corrected chi connectivity index (χ1v) is 9.05. The van der Waals surface area contributed by atoms with Crippen molar-refractivity contribution in [2.24, 2.45) is 5.10 Å². The molecule has 23 heavy (non-hydrogen) atoms. The van der Waals surface area contributed by atoms with Crippen molar-refractivity contribution in [2.75, 3.05) is 13.4 Å². The van der Waals surface area contributed by atoms with Crippen molar-refractivity contribution >= 4 is 27.5 Å². The minimum atomic E-state index is -3.41. The first-order valence-electron chi connectivity index (χ1n) is 7.15. The highest BCUT2D eigenvalue weighted by atomic mass is 32.2. The number of nitrogens with one attached hydrogen (secondary N) is 1. The molecule has 0 radical (unpaired) electrons. The Bertz CT molecular complexity index is 808. The third kappa shape index (κ3) is 3.79. The van der Waals surface area contributed by atoms with E-state index in [1.807, 2.05) is 19.1 Å². The average Bonchev–Trinajstić information content (AvgIpc) is 2.48. The Morgan fingerprint density at radius 3 is 2.57 bits per heavy atom. The van der Waals surface area contributed by atoms with Crippen molar-refractivity contribution < 1.29 is 17.9 Å². The molecular weight excluding hydrogens is 316 g/mol. The lowest BCUT2D eigenvalue weighted by Gasteiger charge is -2.15. The minimum absolute atomic E-state index is 0.0958. The fraction of sp³-hybridized carbons (Fsp3) is 0.375. The molecule has 0 saturated carbocycles. The van der Waals surface area contributed by atoms with Crippen molar-refractivity contribution in [1.82, 2.24) is 5.43 Å². The van der Waals surface area contributed by atoms with Gasteiger partial charge in [-0.1, -0.05) is 6.07 Å². The van der Waals surface area contributed by atoms with E-state index in [0.29, 0.717) is 24.2 Å². The maximum atomic E-state index is 12.0. The van der Waals surface area contributed by atoms with Crippen LogP contribution in [0.3, 0.4) is 0 Å². The Hall–Kier alpha value is -2.15. The number of nitrogens with zero attached hydrogens (tertiary/aromatic N) is 1. The first kappa shape index (κ1) is 17.2. The molecule has 1 amide bonds. The zero-order valence-electron chi connectivity index (χ0n) is 13.6. The Morgan fingerprint density at radius 1 is 1.35 bits per heavy atom. The predicted molar refractivity (Wildman–Crippen MR) is 89.3 cm³/mol. The van der Waals surface area contributed by atoms with E-state index in [1.54, 1.807) is 13.0 Å². The second-order valence-electron chi connectivity index (χ2n) is 5.50. The Kier molecular flexibility index (Phi) is 4.89. The fourth-order valence-corrected chi connectivity index (χ4v) is 3.73. The van der Waals surface area contributed by atoms with E-state index < -0.39 is 9.84 Å². The molecule has 0 aliphatic carbocycles. The van der Waals surface area contributed by atoms with Gasteiger partial charge in [0.1, 0.15) is 10.6 Å². The van der Waals surface area contributed by atoms with E-state index in [2.05, 4.69) is 10.5 Å². The summed E-state index contributed by atoms with van der Waals surface area (Å²) in [6.45, 7) is 3.64. The maximum Gasteiger partial charge on any atom is 0.240 e. The zero-order valence-corrected chi connectivity index (χ0v) is 14.5. The van der Waals surface area contributed by atoms with Gasteiger partial charge in [0.25, 0.3) is 0 Å². The monoisotopic (exact) mass is 336 g/mol. The number of hydrazone groups is 1. The van der Waals surface area contributed by atoms with Crippen LogP contribution in [0.25, 0.3) is 6.08 Å². The number of allylic oxidation sites excluding steroid dienone is 1. The van der Waals surface area contributed by atoms with Crippen LogP contribution in [-0.2, 0) is 14.6 Å². The normalized spacial score (nSPS) is 15.9. The van der Waals surface area contributed by atoms with Gasteiger partial charge < -0.3 is 4.74 Å². The third-order valence-corrected chi connectivity index (χ3v) is 4.98. The van der Waals surface area contributed by atoms with Crippen LogP contribution in [0.5, 0.6) is 5.75 Å². The Balaban J connectivity index is 2.49. The molecular formula is C16H20N2O4S. The number of benzene rings is 1. The van der Waals surface area contributed by atoms with Crippen molar-refractivity contribution in [1.29, 1.82) is 0 Å². The van der Waals surface area contributed by atoms with Gasteiger partial charge in [-0.2, -0.15) is 5.10 Å². The van der Waals surface area contributed by atoms with Crippen LogP contribution in [0, 0.1) is 6.92 Å². The summed E-state index contributed by atoms with van der Waals surface area (Å²) in [5, 5.41) is 4.05. The summed E-state index contributed by atoms with van der Waals surface area (Å²) in [5.74, 6) is 0.239. The maximum absolute atomic E-state index is 12.0. The molecule has 0 atom stereocenters.